The van der Waals surface area contributed by atoms with Gasteiger partial charge in [0.1, 0.15) is 11.6 Å². The van der Waals surface area contributed by atoms with Crippen LogP contribution in [0, 0.1) is 30.4 Å². The normalized spacial score (nSPS) is 25.3. The smallest absolute Gasteiger partial charge is 0.133 e. The summed E-state index contributed by atoms with van der Waals surface area (Å²) < 4.78 is 28.0. The summed E-state index contributed by atoms with van der Waals surface area (Å²) in [6.07, 6.45) is 5.43. The second kappa shape index (κ2) is 6.00. The van der Waals surface area contributed by atoms with Gasteiger partial charge < -0.3 is 5.73 Å². The first-order valence-corrected chi connectivity index (χ1v) is 7.24. The lowest BCUT2D eigenvalue weighted by Gasteiger charge is -2.33. The molecule has 1 aromatic rings. The van der Waals surface area contributed by atoms with Gasteiger partial charge in [-0.3, -0.25) is 0 Å². The van der Waals surface area contributed by atoms with Gasteiger partial charge in [0.2, 0.25) is 0 Å². The Hall–Kier alpha value is -0.960. The first-order chi connectivity index (χ1) is 9.04. The molecule has 1 aromatic carbocycles. The second-order valence-electron chi connectivity index (χ2n) is 5.82. The van der Waals surface area contributed by atoms with Gasteiger partial charge in [-0.2, -0.15) is 0 Å². The summed E-state index contributed by atoms with van der Waals surface area (Å²) in [5.41, 5.74) is 6.73. The Bertz CT molecular complexity index is 445. The Morgan fingerprint density at radius 1 is 1.32 bits per heavy atom. The van der Waals surface area contributed by atoms with Crippen molar-refractivity contribution in [3.63, 3.8) is 0 Å². The summed E-state index contributed by atoms with van der Waals surface area (Å²) in [7, 11) is 0. The standard InChI is InChI=1S/C16H23F2N/c1-3-11-5-4-6-12(9-11)16(19)14-13(17)8-7-10(2)15(14)18/h7-8,11-12,16H,3-6,9,19H2,1-2H3. The molecule has 3 heteroatoms. The molecule has 106 valence electrons. The Labute approximate surface area is 114 Å². The highest BCUT2D eigenvalue weighted by Crippen LogP contribution is 2.38. The van der Waals surface area contributed by atoms with Crippen LogP contribution in [-0.4, -0.2) is 0 Å². The maximum atomic E-state index is 14.1. The van der Waals surface area contributed by atoms with Gasteiger partial charge in [0, 0.05) is 11.6 Å². The molecule has 0 spiro atoms. The number of rotatable bonds is 3. The second-order valence-corrected chi connectivity index (χ2v) is 5.82. The largest absolute Gasteiger partial charge is 0.324 e. The van der Waals surface area contributed by atoms with Crippen molar-refractivity contribution in [3.8, 4) is 0 Å². The van der Waals surface area contributed by atoms with Crippen LogP contribution in [0.1, 0.15) is 56.2 Å². The molecule has 19 heavy (non-hydrogen) atoms. The molecule has 1 aliphatic rings. The third-order valence-electron chi connectivity index (χ3n) is 4.56. The molecular weight excluding hydrogens is 244 g/mol. The van der Waals surface area contributed by atoms with Crippen molar-refractivity contribution in [3.05, 3.63) is 34.9 Å². The SMILES string of the molecule is CCC1CCCC(C(N)c2c(F)ccc(C)c2F)C1. The van der Waals surface area contributed by atoms with Gasteiger partial charge in [-0.1, -0.05) is 32.3 Å². The van der Waals surface area contributed by atoms with Gasteiger partial charge in [-0.15, -0.1) is 0 Å². The van der Waals surface area contributed by atoms with E-state index in [-0.39, 0.29) is 11.5 Å². The van der Waals surface area contributed by atoms with E-state index in [9.17, 15) is 8.78 Å². The first kappa shape index (κ1) is 14.4. The van der Waals surface area contributed by atoms with Crippen LogP contribution in [0.25, 0.3) is 0 Å². The molecule has 0 aliphatic heterocycles. The molecular formula is C16H23F2N. The van der Waals surface area contributed by atoms with Crippen LogP contribution in [-0.2, 0) is 0 Å². The molecule has 1 saturated carbocycles. The molecule has 3 atom stereocenters. The van der Waals surface area contributed by atoms with Crippen molar-refractivity contribution >= 4 is 0 Å². The summed E-state index contributed by atoms with van der Waals surface area (Å²) in [5.74, 6) is -0.120. The summed E-state index contributed by atoms with van der Waals surface area (Å²) in [6.45, 7) is 3.83. The van der Waals surface area contributed by atoms with Gasteiger partial charge >= 0.3 is 0 Å². The number of nitrogens with two attached hydrogens (primary N) is 1. The number of halogens is 2. The lowest BCUT2D eigenvalue weighted by atomic mass is 9.75. The quantitative estimate of drug-likeness (QED) is 0.858. The molecule has 1 nitrogen and oxygen atoms in total. The number of hydrogen-bond donors (Lipinski definition) is 1. The van der Waals surface area contributed by atoms with Crippen molar-refractivity contribution < 1.29 is 8.78 Å². The van der Waals surface area contributed by atoms with Gasteiger partial charge in [0.25, 0.3) is 0 Å². The van der Waals surface area contributed by atoms with Crippen molar-refractivity contribution in [1.82, 2.24) is 0 Å². The third-order valence-corrected chi connectivity index (χ3v) is 4.56. The summed E-state index contributed by atoms with van der Waals surface area (Å²) >= 11 is 0. The van der Waals surface area contributed by atoms with Crippen LogP contribution >= 0.6 is 0 Å². The lowest BCUT2D eigenvalue weighted by Crippen LogP contribution is -2.28. The van der Waals surface area contributed by atoms with E-state index in [1.165, 1.54) is 18.6 Å². The van der Waals surface area contributed by atoms with Gasteiger partial charge in [0.05, 0.1) is 0 Å². The minimum atomic E-state index is -0.519. The third kappa shape index (κ3) is 2.97. The van der Waals surface area contributed by atoms with Crippen LogP contribution < -0.4 is 5.73 Å². The van der Waals surface area contributed by atoms with Crippen LogP contribution in [0.2, 0.25) is 0 Å². The average Bonchev–Trinajstić information content (AvgIpc) is 2.43. The summed E-state index contributed by atoms with van der Waals surface area (Å²) in [6, 6.07) is 2.28. The predicted molar refractivity (Wildman–Crippen MR) is 73.8 cm³/mol. The highest BCUT2D eigenvalue weighted by Gasteiger charge is 2.30. The van der Waals surface area contributed by atoms with E-state index >= 15 is 0 Å². The van der Waals surface area contributed by atoms with E-state index in [1.54, 1.807) is 6.92 Å². The Morgan fingerprint density at radius 2 is 2.05 bits per heavy atom. The molecule has 1 fully saturated rings. The molecule has 1 aliphatic carbocycles. The summed E-state index contributed by atoms with van der Waals surface area (Å²) in [5, 5.41) is 0. The minimum Gasteiger partial charge on any atom is -0.324 e. The fourth-order valence-corrected chi connectivity index (χ4v) is 3.25. The molecule has 0 radical (unpaired) electrons. The van der Waals surface area contributed by atoms with E-state index in [0.29, 0.717) is 11.5 Å². The average molecular weight is 267 g/mol. The lowest BCUT2D eigenvalue weighted by molar-refractivity contribution is 0.225. The zero-order chi connectivity index (χ0) is 14.0. The molecule has 3 unspecified atom stereocenters. The molecule has 0 amide bonds. The van der Waals surface area contributed by atoms with Crippen LogP contribution in [0.15, 0.2) is 12.1 Å². The Balaban J connectivity index is 2.24. The van der Waals surface area contributed by atoms with Crippen LogP contribution in [0.5, 0.6) is 0 Å². The molecule has 2 rings (SSSR count). The molecule has 2 N–H and O–H groups in total. The predicted octanol–water partition coefficient (Wildman–Crippen LogP) is 4.49. The zero-order valence-corrected chi connectivity index (χ0v) is 11.8. The van der Waals surface area contributed by atoms with Crippen LogP contribution in [0.4, 0.5) is 8.78 Å². The molecule has 0 aromatic heterocycles. The Kier molecular flexibility index (Phi) is 4.56. The van der Waals surface area contributed by atoms with Gasteiger partial charge in [-0.25, -0.2) is 8.78 Å². The minimum absolute atomic E-state index is 0.0850. The van der Waals surface area contributed by atoms with E-state index < -0.39 is 17.7 Å². The highest BCUT2D eigenvalue weighted by molar-refractivity contribution is 5.29. The fourth-order valence-electron chi connectivity index (χ4n) is 3.25. The molecule has 0 heterocycles. The maximum absolute atomic E-state index is 14.1. The molecule has 0 saturated heterocycles. The monoisotopic (exact) mass is 267 g/mol. The van der Waals surface area contributed by atoms with Crippen LogP contribution in [0.3, 0.4) is 0 Å². The topological polar surface area (TPSA) is 26.0 Å². The van der Waals surface area contributed by atoms with Crippen molar-refractivity contribution in [2.45, 2.75) is 52.0 Å². The van der Waals surface area contributed by atoms with E-state index in [2.05, 4.69) is 6.92 Å². The van der Waals surface area contributed by atoms with Gasteiger partial charge in [0.15, 0.2) is 0 Å². The summed E-state index contributed by atoms with van der Waals surface area (Å²) in [4.78, 5) is 0. The maximum Gasteiger partial charge on any atom is 0.133 e. The highest BCUT2D eigenvalue weighted by atomic mass is 19.1. The Morgan fingerprint density at radius 3 is 2.74 bits per heavy atom. The fraction of sp³-hybridized carbons (Fsp3) is 0.625. The van der Waals surface area contributed by atoms with Crippen molar-refractivity contribution in [2.24, 2.45) is 17.6 Å². The zero-order valence-electron chi connectivity index (χ0n) is 11.8. The van der Waals surface area contributed by atoms with E-state index in [4.69, 9.17) is 5.73 Å². The number of aryl methyl sites for hydroxylation is 1. The molecule has 0 bridgehead atoms. The van der Waals surface area contributed by atoms with Crippen molar-refractivity contribution in [1.29, 1.82) is 0 Å². The van der Waals surface area contributed by atoms with E-state index in [0.717, 1.165) is 25.7 Å². The van der Waals surface area contributed by atoms with E-state index in [1.807, 2.05) is 0 Å². The van der Waals surface area contributed by atoms with Crippen molar-refractivity contribution in [2.75, 3.05) is 0 Å². The number of hydrogen-bond acceptors (Lipinski definition) is 1. The van der Waals surface area contributed by atoms with Gasteiger partial charge in [-0.05, 0) is 43.2 Å². The number of benzene rings is 1. The first-order valence-electron chi connectivity index (χ1n) is 7.24.